The maximum atomic E-state index is 11.9. The number of anilines is 2. The molecule has 94 valence electrons. The molecule has 0 radical (unpaired) electrons. The zero-order chi connectivity index (χ0) is 13.4. The Morgan fingerprint density at radius 1 is 1.39 bits per heavy atom. The Morgan fingerprint density at radius 3 is 2.67 bits per heavy atom. The van der Waals surface area contributed by atoms with Crippen LogP contribution in [0.1, 0.15) is 6.92 Å². The number of primary amides is 1. The number of carbonyl (C=O) groups is 3. The van der Waals surface area contributed by atoms with Crippen molar-refractivity contribution in [1.29, 1.82) is 0 Å². The van der Waals surface area contributed by atoms with Crippen LogP contribution in [-0.2, 0) is 14.4 Å². The summed E-state index contributed by atoms with van der Waals surface area (Å²) in [5.74, 6) is -2.68. The summed E-state index contributed by atoms with van der Waals surface area (Å²) in [5, 5.41) is 0. The topological polar surface area (TPSA) is 116 Å². The normalized spacial score (nSPS) is 17.9. The molecule has 2 rings (SSSR count). The summed E-state index contributed by atoms with van der Waals surface area (Å²) in [7, 11) is 0. The number of amides is 3. The summed E-state index contributed by atoms with van der Waals surface area (Å²) in [6.07, 6.45) is -0.871. The molecule has 0 spiro atoms. The molecule has 1 aliphatic heterocycles. The second kappa shape index (κ2) is 4.02. The molecule has 0 aromatic heterocycles. The molecule has 0 bridgehead atoms. The molecule has 1 aliphatic rings. The van der Waals surface area contributed by atoms with Gasteiger partial charge in [0, 0.05) is 5.69 Å². The molecular weight excluding hydrogens is 238 g/mol. The van der Waals surface area contributed by atoms with E-state index in [1.165, 1.54) is 19.1 Å². The SMILES string of the molecule is CC1Oc2ccc(N)cc2N(C(=O)C(N)=O)C1=O. The number of nitrogen functional groups attached to an aromatic ring is 1. The number of hydrogen-bond acceptors (Lipinski definition) is 5. The van der Waals surface area contributed by atoms with E-state index in [9.17, 15) is 14.4 Å². The number of fused-ring (bicyclic) bond motifs is 1. The zero-order valence-electron chi connectivity index (χ0n) is 9.54. The Bertz CT molecular complexity index is 555. The highest BCUT2D eigenvalue weighted by molar-refractivity contribution is 6.45. The molecule has 7 heteroatoms. The van der Waals surface area contributed by atoms with Crippen LogP contribution >= 0.6 is 0 Å². The zero-order valence-corrected chi connectivity index (χ0v) is 9.54. The van der Waals surface area contributed by atoms with Crippen molar-refractivity contribution in [1.82, 2.24) is 0 Å². The van der Waals surface area contributed by atoms with Crippen LogP contribution < -0.4 is 21.1 Å². The van der Waals surface area contributed by atoms with Gasteiger partial charge < -0.3 is 16.2 Å². The number of hydrogen-bond donors (Lipinski definition) is 2. The third-order valence-corrected chi connectivity index (χ3v) is 2.51. The van der Waals surface area contributed by atoms with E-state index in [2.05, 4.69) is 0 Å². The van der Waals surface area contributed by atoms with Crippen molar-refractivity contribution in [2.75, 3.05) is 10.6 Å². The van der Waals surface area contributed by atoms with Gasteiger partial charge in [-0.05, 0) is 25.1 Å². The summed E-state index contributed by atoms with van der Waals surface area (Å²) in [6.45, 7) is 1.48. The quantitative estimate of drug-likeness (QED) is 0.470. The van der Waals surface area contributed by atoms with Crippen molar-refractivity contribution in [2.24, 2.45) is 5.73 Å². The minimum absolute atomic E-state index is 0.127. The summed E-state index contributed by atoms with van der Waals surface area (Å²) < 4.78 is 5.31. The van der Waals surface area contributed by atoms with E-state index in [1.54, 1.807) is 6.07 Å². The molecule has 18 heavy (non-hydrogen) atoms. The van der Waals surface area contributed by atoms with E-state index in [0.717, 1.165) is 0 Å². The lowest BCUT2D eigenvalue weighted by molar-refractivity contribution is -0.139. The molecular formula is C11H11N3O4. The van der Waals surface area contributed by atoms with Gasteiger partial charge in [0.1, 0.15) is 5.75 Å². The van der Waals surface area contributed by atoms with Crippen molar-refractivity contribution in [2.45, 2.75) is 13.0 Å². The Hall–Kier alpha value is -2.57. The molecule has 1 aromatic carbocycles. The van der Waals surface area contributed by atoms with Gasteiger partial charge in [0.15, 0.2) is 6.10 Å². The average Bonchev–Trinajstić information content (AvgIpc) is 2.31. The largest absolute Gasteiger partial charge is 0.479 e. The molecule has 1 unspecified atom stereocenters. The van der Waals surface area contributed by atoms with Crippen molar-refractivity contribution in [3.8, 4) is 5.75 Å². The van der Waals surface area contributed by atoms with Crippen LogP contribution in [-0.4, -0.2) is 23.8 Å². The lowest BCUT2D eigenvalue weighted by atomic mass is 10.1. The van der Waals surface area contributed by atoms with Gasteiger partial charge in [-0.15, -0.1) is 0 Å². The Balaban J connectivity index is 2.57. The van der Waals surface area contributed by atoms with Gasteiger partial charge in [-0.1, -0.05) is 0 Å². The van der Waals surface area contributed by atoms with Gasteiger partial charge in [-0.25, -0.2) is 4.90 Å². The van der Waals surface area contributed by atoms with E-state index in [4.69, 9.17) is 16.2 Å². The highest BCUT2D eigenvalue weighted by atomic mass is 16.5. The van der Waals surface area contributed by atoms with Crippen LogP contribution in [0.25, 0.3) is 0 Å². The first-order valence-electron chi connectivity index (χ1n) is 5.15. The number of rotatable bonds is 0. The van der Waals surface area contributed by atoms with Crippen LogP contribution in [0.3, 0.4) is 0 Å². The number of imide groups is 1. The number of ether oxygens (including phenoxy) is 1. The minimum Gasteiger partial charge on any atom is -0.479 e. The average molecular weight is 249 g/mol. The maximum Gasteiger partial charge on any atom is 0.323 e. The van der Waals surface area contributed by atoms with Crippen molar-refractivity contribution < 1.29 is 19.1 Å². The van der Waals surface area contributed by atoms with Crippen molar-refractivity contribution >= 4 is 29.1 Å². The van der Waals surface area contributed by atoms with Crippen LogP contribution in [0.15, 0.2) is 18.2 Å². The van der Waals surface area contributed by atoms with E-state index in [1.807, 2.05) is 0 Å². The molecule has 0 saturated heterocycles. The minimum atomic E-state index is -1.22. The van der Waals surface area contributed by atoms with Crippen molar-refractivity contribution in [3.63, 3.8) is 0 Å². The van der Waals surface area contributed by atoms with Crippen LogP contribution in [0.4, 0.5) is 11.4 Å². The Labute approximate surface area is 102 Å². The lowest BCUT2D eigenvalue weighted by Crippen LogP contribution is -2.51. The van der Waals surface area contributed by atoms with Gasteiger partial charge in [-0.2, -0.15) is 0 Å². The second-order valence-electron chi connectivity index (χ2n) is 3.83. The molecule has 1 aromatic rings. The second-order valence-corrected chi connectivity index (χ2v) is 3.83. The first kappa shape index (κ1) is 11.9. The van der Waals surface area contributed by atoms with E-state index >= 15 is 0 Å². The lowest BCUT2D eigenvalue weighted by Gasteiger charge is -2.30. The van der Waals surface area contributed by atoms with Gasteiger partial charge in [0.05, 0.1) is 5.69 Å². The molecule has 0 saturated carbocycles. The molecule has 0 fully saturated rings. The third kappa shape index (κ3) is 1.75. The summed E-state index contributed by atoms with van der Waals surface area (Å²) in [6, 6.07) is 4.46. The molecule has 0 aliphatic carbocycles. The molecule has 1 heterocycles. The number of nitrogens with two attached hydrogens (primary N) is 2. The molecule has 4 N–H and O–H groups in total. The molecule has 3 amide bonds. The smallest absolute Gasteiger partial charge is 0.323 e. The van der Waals surface area contributed by atoms with Crippen molar-refractivity contribution in [3.05, 3.63) is 18.2 Å². The number of carbonyl (C=O) groups excluding carboxylic acids is 3. The van der Waals surface area contributed by atoms with E-state index in [0.29, 0.717) is 16.3 Å². The third-order valence-electron chi connectivity index (χ3n) is 2.51. The van der Waals surface area contributed by atoms with Crippen LogP contribution in [0.2, 0.25) is 0 Å². The fourth-order valence-corrected chi connectivity index (χ4v) is 1.67. The van der Waals surface area contributed by atoms with Gasteiger partial charge in [0.25, 0.3) is 5.91 Å². The monoisotopic (exact) mass is 249 g/mol. The Morgan fingerprint density at radius 2 is 2.06 bits per heavy atom. The molecule has 7 nitrogen and oxygen atoms in total. The first-order valence-corrected chi connectivity index (χ1v) is 5.15. The number of benzene rings is 1. The summed E-state index contributed by atoms with van der Waals surface area (Å²) in [5.41, 5.74) is 11.0. The van der Waals surface area contributed by atoms with E-state index in [-0.39, 0.29) is 5.69 Å². The predicted octanol–water partition coefficient (Wildman–Crippen LogP) is -0.605. The summed E-state index contributed by atoms with van der Waals surface area (Å²) in [4.78, 5) is 35.2. The van der Waals surface area contributed by atoms with Crippen LogP contribution in [0, 0.1) is 0 Å². The summed E-state index contributed by atoms with van der Waals surface area (Å²) >= 11 is 0. The van der Waals surface area contributed by atoms with Gasteiger partial charge in [-0.3, -0.25) is 14.4 Å². The Kier molecular flexibility index (Phi) is 2.66. The highest BCUT2D eigenvalue weighted by Crippen LogP contribution is 2.35. The molecule has 1 atom stereocenters. The van der Waals surface area contributed by atoms with Gasteiger partial charge >= 0.3 is 11.8 Å². The van der Waals surface area contributed by atoms with Crippen LogP contribution in [0.5, 0.6) is 5.75 Å². The standard InChI is InChI=1S/C11H11N3O4/c1-5-10(16)14(11(17)9(13)15)7-4-6(12)2-3-8(7)18-5/h2-5H,12H2,1H3,(H2,13,15). The highest BCUT2D eigenvalue weighted by Gasteiger charge is 2.37. The number of nitrogens with zero attached hydrogens (tertiary/aromatic N) is 1. The predicted molar refractivity (Wildman–Crippen MR) is 62.6 cm³/mol. The maximum absolute atomic E-state index is 11.9. The van der Waals surface area contributed by atoms with Gasteiger partial charge in [0.2, 0.25) is 0 Å². The fraction of sp³-hybridized carbons (Fsp3) is 0.182. The first-order chi connectivity index (χ1) is 8.41. The fourth-order valence-electron chi connectivity index (χ4n) is 1.67. The van der Waals surface area contributed by atoms with E-state index < -0.39 is 23.8 Å².